The Balaban J connectivity index is 1.82. The van der Waals surface area contributed by atoms with E-state index in [0.29, 0.717) is 24.2 Å². The van der Waals surface area contributed by atoms with Gasteiger partial charge in [-0.2, -0.15) is 0 Å². The zero-order chi connectivity index (χ0) is 16.9. The first kappa shape index (κ1) is 18.3. The molecule has 0 bridgehead atoms. The van der Waals surface area contributed by atoms with Crippen LogP contribution in [0.3, 0.4) is 0 Å². The first-order chi connectivity index (χ1) is 11.0. The number of nitrogens with zero attached hydrogens (tertiary/aromatic N) is 2. The van der Waals surface area contributed by atoms with Crippen LogP contribution in [-0.2, 0) is 9.63 Å². The summed E-state index contributed by atoms with van der Waals surface area (Å²) in [5.41, 5.74) is 1.14. The summed E-state index contributed by atoms with van der Waals surface area (Å²) >= 11 is 0. The smallest absolute Gasteiger partial charge is 0.222 e. The number of piperidine rings is 1. The average Bonchev–Trinajstić information content (AvgIpc) is 2.94. The Morgan fingerprint density at radius 2 is 1.96 bits per heavy atom. The minimum absolute atomic E-state index is 0.120. The highest BCUT2D eigenvalue weighted by atomic mass is 16.7. The molecule has 2 aliphatic rings. The van der Waals surface area contributed by atoms with Crippen LogP contribution in [0.2, 0.25) is 0 Å². The van der Waals surface area contributed by atoms with Crippen molar-refractivity contribution in [3.63, 3.8) is 0 Å². The van der Waals surface area contributed by atoms with E-state index in [9.17, 15) is 4.79 Å². The van der Waals surface area contributed by atoms with Gasteiger partial charge in [-0.05, 0) is 25.2 Å². The lowest BCUT2D eigenvalue weighted by molar-refractivity contribution is -0.137. The zero-order valence-corrected chi connectivity index (χ0v) is 15.4. The standard InChI is InChI=1S/C19H34N2O2/c1-5-7-16(6-2)17-14-19(23-20-17)10-12-21(13-11-19)18(22)9-8-15(3)4/h15-16H,5-14H2,1-4H3. The minimum atomic E-state index is -0.120. The first-order valence-electron chi connectivity index (χ1n) is 9.52. The van der Waals surface area contributed by atoms with Gasteiger partial charge in [0.1, 0.15) is 5.60 Å². The largest absolute Gasteiger partial charge is 0.389 e. The van der Waals surface area contributed by atoms with Crippen molar-refractivity contribution in [2.75, 3.05) is 13.1 Å². The van der Waals surface area contributed by atoms with Crippen LogP contribution in [0.15, 0.2) is 5.16 Å². The van der Waals surface area contributed by atoms with Crippen LogP contribution in [0.4, 0.5) is 0 Å². The molecule has 1 atom stereocenters. The molecule has 0 radical (unpaired) electrons. The highest BCUT2D eigenvalue weighted by Crippen LogP contribution is 2.37. The van der Waals surface area contributed by atoms with Gasteiger partial charge in [0.2, 0.25) is 5.91 Å². The second-order valence-corrected chi connectivity index (χ2v) is 7.74. The molecular formula is C19H34N2O2. The molecule has 4 nitrogen and oxygen atoms in total. The molecule has 0 aromatic rings. The Hall–Kier alpha value is -1.06. The molecule has 2 heterocycles. The Morgan fingerprint density at radius 1 is 1.26 bits per heavy atom. The molecule has 1 fully saturated rings. The Bertz CT molecular complexity index is 423. The van der Waals surface area contributed by atoms with Crippen LogP contribution in [0, 0.1) is 11.8 Å². The van der Waals surface area contributed by atoms with Crippen molar-refractivity contribution < 1.29 is 9.63 Å². The zero-order valence-electron chi connectivity index (χ0n) is 15.4. The summed E-state index contributed by atoms with van der Waals surface area (Å²) in [5, 5.41) is 4.45. The fourth-order valence-electron chi connectivity index (χ4n) is 3.73. The third-order valence-electron chi connectivity index (χ3n) is 5.42. The number of rotatable bonds is 7. The lowest BCUT2D eigenvalue weighted by Gasteiger charge is -2.37. The van der Waals surface area contributed by atoms with Crippen LogP contribution in [0.1, 0.15) is 79.1 Å². The van der Waals surface area contributed by atoms with Crippen LogP contribution in [0.25, 0.3) is 0 Å². The topological polar surface area (TPSA) is 41.9 Å². The molecule has 2 rings (SSSR count). The molecule has 0 saturated carbocycles. The van der Waals surface area contributed by atoms with Crippen molar-refractivity contribution in [3.05, 3.63) is 0 Å². The summed E-state index contributed by atoms with van der Waals surface area (Å²) < 4.78 is 0. The van der Waals surface area contributed by atoms with Crippen LogP contribution in [0.5, 0.6) is 0 Å². The maximum absolute atomic E-state index is 12.3. The van der Waals surface area contributed by atoms with E-state index in [0.717, 1.165) is 45.2 Å². The summed E-state index contributed by atoms with van der Waals surface area (Å²) in [6, 6.07) is 0. The summed E-state index contributed by atoms with van der Waals surface area (Å²) in [5.74, 6) is 1.48. The number of hydrogen-bond acceptors (Lipinski definition) is 3. The minimum Gasteiger partial charge on any atom is -0.389 e. The first-order valence-corrected chi connectivity index (χ1v) is 9.52. The van der Waals surface area contributed by atoms with E-state index >= 15 is 0 Å². The average molecular weight is 322 g/mol. The van der Waals surface area contributed by atoms with Gasteiger partial charge in [0, 0.05) is 44.7 Å². The highest BCUT2D eigenvalue weighted by molar-refractivity contribution is 5.88. The van der Waals surface area contributed by atoms with E-state index in [1.807, 2.05) is 4.90 Å². The molecule has 2 aliphatic heterocycles. The molecule has 4 heteroatoms. The lowest BCUT2D eigenvalue weighted by atomic mass is 9.82. The number of hydrogen-bond donors (Lipinski definition) is 0. The van der Waals surface area contributed by atoms with E-state index in [1.54, 1.807) is 0 Å². The Labute approximate surface area is 141 Å². The maximum atomic E-state index is 12.3. The predicted molar refractivity (Wildman–Crippen MR) is 94.4 cm³/mol. The van der Waals surface area contributed by atoms with Gasteiger partial charge < -0.3 is 9.74 Å². The molecule has 0 N–H and O–H groups in total. The van der Waals surface area contributed by atoms with E-state index in [1.165, 1.54) is 18.6 Å². The molecule has 1 unspecified atom stereocenters. The fraction of sp³-hybridized carbons (Fsp3) is 0.895. The van der Waals surface area contributed by atoms with Gasteiger partial charge in [-0.3, -0.25) is 4.79 Å². The van der Waals surface area contributed by atoms with Crippen molar-refractivity contribution >= 4 is 11.6 Å². The normalized spacial score (nSPS) is 21.4. The highest BCUT2D eigenvalue weighted by Gasteiger charge is 2.43. The lowest BCUT2D eigenvalue weighted by Crippen LogP contribution is -2.47. The molecule has 0 aliphatic carbocycles. The maximum Gasteiger partial charge on any atom is 0.222 e. The third kappa shape index (κ3) is 4.71. The Morgan fingerprint density at radius 3 is 2.52 bits per heavy atom. The molecular weight excluding hydrogens is 288 g/mol. The number of likely N-dealkylation sites (tertiary alicyclic amines) is 1. The van der Waals surface area contributed by atoms with E-state index < -0.39 is 0 Å². The van der Waals surface area contributed by atoms with Crippen molar-refractivity contribution in [1.82, 2.24) is 4.90 Å². The van der Waals surface area contributed by atoms with E-state index in [4.69, 9.17) is 4.84 Å². The van der Waals surface area contributed by atoms with Crippen LogP contribution < -0.4 is 0 Å². The number of carbonyl (C=O) groups excluding carboxylic acids is 1. The van der Waals surface area contributed by atoms with Crippen molar-refractivity contribution in [3.8, 4) is 0 Å². The van der Waals surface area contributed by atoms with Gasteiger partial charge in [-0.25, -0.2) is 0 Å². The molecule has 1 spiro atoms. The van der Waals surface area contributed by atoms with Crippen molar-refractivity contribution in [1.29, 1.82) is 0 Å². The van der Waals surface area contributed by atoms with Crippen molar-refractivity contribution in [2.24, 2.45) is 17.0 Å². The summed E-state index contributed by atoms with van der Waals surface area (Å²) in [7, 11) is 0. The van der Waals surface area contributed by atoms with E-state index in [-0.39, 0.29) is 5.60 Å². The van der Waals surface area contributed by atoms with Gasteiger partial charge in [0.15, 0.2) is 0 Å². The van der Waals surface area contributed by atoms with Crippen LogP contribution >= 0.6 is 0 Å². The molecule has 132 valence electrons. The van der Waals surface area contributed by atoms with E-state index in [2.05, 4.69) is 32.9 Å². The summed E-state index contributed by atoms with van der Waals surface area (Å²) in [4.78, 5) is 20.2. The second-order valence-electron chi connectivity index (χ2n) is 7.74. The fourth-order valence-corrected chi connectivity index (χ4v) is 3.73. The van der Waals surface area contributed by atoms with Crippen LogP contribution in [-0.4, -0.2) is 35.2 Å². The van der Waals surface area contributed by atoms with Gasteiger partial charge in [0.25, 0.3) is 0 Å². The molecule has 1 saturated heterocycles. The second kappa shape index (κ2) is 8.16. The summed E-state index contributed by atoms with van der Waals surface area (Å²) in [6.45, 7) is 10.5. The molecule has 1 amide bonds. The third-order valence-corrected chi connectivity index (χ3v) is 5.42. The van der Waals surface area contributed by atoms with Gasteiger partial charge >= 0.3 is 0 Å². The van der Waals surface area contributed by atoms with Crippen molar-refractivity contribution in [2.45, 2.75) is 84.7 Å². The monoisotopic (exact) mass is 322 g/mol. The molecule has 0 aromatic heterocycles. The molecule has 23 heavy (non-hydrogen) atoms. The summed E-state index contributed by atoms with van der Waals surface area (Å²) in [6.07, 6.45) is 8.04. The van der Waals surface area contributed by atoms with Gasteiger partial charge in [-0.1, -0.05) is 39.3 Å². The van der Waals surface area contributed by atoms with Gasteiger partial charge in [-0.15, -0.1) is 0 Å². The number of carbonyl (C=O) groups is 1. The SMILES string of the molecule is CCCC(CC)C1=NOC2(CCN(C(=O)CCC(C)C)CC2)C1. The number of amides is 1. The van der Waals surface area contributed by atoms with Gasteiger partial charge in [0.05, 0.1) is 5.71 Å². The number of oxime groups is 1. The Kier molecular flexibility index (Phi) is 6.49. The quantitative estimate of drug-likeness (QED) is 0.697. The molecule has 0 aromatic carbocycles. The predicted octanol–water partition coefficient (Wildman–Crippen LogP) is 4.39.